The second-order valence-corrected chi connectivity index (χ2v) is 9.50. The van der Waals surface area contributed by atoms with E-state index in [0.717, 1.165) is 59.9 Å². The number of aromatic amines is 1. The van der Waals surface area contributed by atoms with Crippen LogP contribution in [-0.4, -0.2) is 15.2 Å². The monoisotopic (exact) mass is 453 g/mol. The van der Waals surface area contributed by atoms with Crippen LogP contribution in [0.1, 0.15) is 34.5 Å². The maximum Gasteiger partial charge on any atom is 0.194 e. The van der Waals surface area contributed by atoms with Crippen molar-refractivity contribution < 1.29 is 10.2 Å². The highest BCUT2D eigenvalue weighted by molar-refractivity contribution is 6.31. The Hall–Kier alpha value is -4.25. The summed E-state index contributed by atoms with van der Waals surface area (Å²) in [6.07, 6.45) is -1.66. The van der Waals surface area contributed by atoms with Gasteiger partial charge in [-0.2, -0.15) is 0 Å². The minimum Gasteiger partial charge on any atom is -0.384 e. The summed E-state index contributed by atoms with van der Waals surface area (Å²) in [7, 11) is 0. The molecule has 0 bridgehead atoms. The molecule has 7 aromatic rings. The molecule has 0 amide bonds. The van der Waals surface area contributed by atoms with Gasteiger partial charge in [-0.1, -0.05) is 72.8 Å². The highest BCUT2D eigenvalue weighted by Crippen LogP contribution is 2.46. The number of aliphatic hydroxyl groups excluding tert-OH is 2. The summed E-state index contributed by atoms with van der Waals surface area (Å²) in [4.78, 5) is 16.9. The number of pyridine rings is 1. The van der Waals surface area contributed by atoms with E-state index < -0.39 is 12.2 Å². The zero-order valence-electron chi connectivity index (χ0n) is 18.5. The minimum absolute atomic E-state index is 0.0446. The molecule has 4 nitrogen and oxygen atoms in total. The topological polar surface area (TPSA) is 73.3 Å². The summed E-state index contributed by atoms with van der Waals surface area (Å²) in [5.74, 6) is 0. The van der Waals surface area contributed by atoms with Crippen LogP contribution in [0.4, 0.5) is 0 Å². The molecule has 0 radical (unpaired) electrons. The fourth-order valence-electron chi connectivity index (χ4n) is 6.29. The number of benzene rings is 6. The highest BCUT2D eigenvalue weighted by Gasteiger charge is 2.32. The largest absolute Gasteiger partial charge is 0.384 e. The average molecular weight is 453 g/mol. The normalized spacial score (nSPS) is 17.5. The average Bonchev–Trinajstić information content (AvgIpc) is 2.91. The van der Waals surface area contributed by atoms with Crippen molar-refractivity contribution in [2.24, 2.45) is 0 Å². The third-order valence-electron chi connectivity index (χ3n) is 7.85. The van der Waals surface area contributed by atoms with Crippen molar-refractivity contribution in [1.29, 1.82) is 0 Å². The van der Waals surface area contributed by atoms with Crippen LogP contribution in [-0.2, 0) is 0 Å². The van der Waals surface area contributed by atoms with E-state index in [1.807, 2.05) is 72.8 Å². The lowest BCUT2D eigenvalue weighted by Crippen LogP contribution is -2.18. The molecular formula is C31H19NO3. The number of hydrogen-bond acceptors (Lipinski definition) is 3. The molecule has 0 saturated carbocycles. The minimum atomic E-state index is -0.852. The van der Waals surface area contributed by atoms with E-state index in [-0.39, 0.29) is 5.43 Å². The van der Waals surface area contributed by atoms with Crippen LogP contribution in [0, 0.1) is 0 Å². The Morgan fingerprint density at radius 3 is 2.00 bits per heavy atom. The maximum absolute atomic E-state index is 13.4. The zero-order valence-corrected chi connectivity index (χ0v) is 18.5. The first-order valence-corrected chi connectivity index (χ1v) is 11.8. The maximum atomic E-state index is 13.4. The van der Waals surface area contributed by atoms with Crippen LogP contribution in [0.15, 0.2) is 89.7 Å². The van der Waals surface area contributed by atoms with Gasteiger partial charge in [0, 0.05) is 38.0 Å². The predicted octanol–water partition coefficient (Wildman–Crippen LogP) is 6.06. The molecule has 166 valence electrons. The third-order valence-corrected chi connectivity index (χ3v) is 7.85. The Morgan fingerprint density at radius 1 is 0.543 bits per heavy atom. The lowest BCUT2D eigenvalue weighted by atomic mass is 9.80. The van der Waals surface area contributed by atoms with Crippen LogP contribution in [0.25, 0.3) is 54.1 Å². The molecule has 6 aromatic carbocycles. The quantitative estimate of drug-likeness (QED) is 0.193. The van der Waals surface area contributed by atoms with Crippen molar-refractivity contribution in [1.82, 2.24) is 4.98 Å². The van der Waals surface area contributed by atoms with Gasteiger partial charge < -0.3 is 15.2 Å². The molecule has 35 heavy (non-hydrogen) atoms. The number of rotatable bonds is 0. The van der Waals surface area contributed by atoms with Crippen molar-refractivity contribution >= 4 is 54.1 Å². The molecule has 4 heteroatoms. The first kappa shape index (κ1) is 19.1. The van der Waals surface area contributed by atoms with Crippen LogP contribution in [0.2, 0.25) is 0 Å². The van der Waals surface area contributed by atoms with Gasteiger partial charge in [-0.25, -0.2) is 0 Å². The van der Waals surface area contributed by atoms with E-state index in [4.69, 9.17) is 0 Å². The molecule has 3 N–H and O–H groups in total. The second kappa shape index (κ2) is 6.45. The lowest BCUT2D eigenvalue weighted by molar-refractivity contribution is 0.174. The van der Waals surface area contributed by atoms with E-state index in [1.165, 1.54) is 0 Å². The Kier molecular flexibility index (Phi) is 3.52. The molecule has 1 aliphatic carbocycles. The Balaban J connectivity index is 1.56. The Morgan fingerprint density at radius 2 is 1.17 bits per heavy atom. The van der Waals surface area contributed by atoms with E-state index in [9.17, 15) is 15.0 Å². The molecule has 0 saturated heterocycles. The highest BCUT2D eigenvalue weighted by atomic mass is 16.3. The van der Waals surface area contributed by atoms with Gasteiger partial charge >= 0.3 is 0 Å². The lowest BCUT2D eigenvalue weighted by Gasteiger charge is -2.30. The van der Waals surface area contributed by atoms with E-state index >= 15 is 0 Å². The van der Waals surface area contributed by atoms with Crippen molar-refractivity contribution in [3.63, 3.8) is 0 Å². The molecule has 1 aromatic heterocycles. The number of nitrogens with one attached hydrogen (secondary N) is 1. The second-order valence-electron chi connectivity index (χ2n) is 9.50. The van der Waals surface area contributed by atoms with Gasteiger partial charge in [0.1, 0.15) is 12.2 Å². The fourth-order valence-corrected chi connectivity index (χ4v) is 6.29. The van der Waals surface area contributed by atoms with Crippen molar-refractivity contribution in [3.05, 3.63) is 117 Å². The van der Waals surface area contributed by atoms with Crippen LogP contribution in [0.5, 0.6) is 0 Å². The van der Waals surface area contributed by atoms with Crippen molar-refractivity contribution in [2.45, 2.75) is 12.2 Å². The van der Waals surface area contributed by atoms with Crippen LogP contribution >= 0.6 is 0 Å². The number of fused-ring (bicyclic) bond motifs is 7. The van der Waals surface area contributed by atoms with Gasteiger partial charge in [0.25, 0.3) is 0 Å². The molecule has 1 aliphatic rings. The summed E-state index contributed by atoms with van der Waals surface area (Å²) in [5.41, 5.74) is 4.62. The third kappa shape index (κ3) is 2.26. The van der Waals surface area contributed by atoms with Gasteiger partial charge in [0.2, 0.25) is 0 Å². The smallest absolute Gasteiger partial charge is 0.194 e. The Bertz CT molecular complexity index is 2070. The van der Waals surface area contributed by atoms with Crippen LogP contribution < -0.4 is 5.43 Å². The summed E-state index contributed by atoms with van der Waals surface area (Å²) >= 11 is 0. The molecule has 2 unspecified atom stereocenters. The first-order chi connectivity index (χ1) is 17.1. The van der Waals surface area contributed by atoms with Crippen molar-refractivity contribution in [2.75, 3.05) is 0 Å². The SMILES string of the molecule is O=c1c2ccccc2c2ccc3[nH]c4c5c(ccc4c4ccc1c2c34)C(O)c1ccccc1C5O. The fraction of sp³-hybridized carbons (Fsp3) is 0.0645. The molecule has 2 atom stereocenters. The summed E-state index contributed by atoms with van der Waals surface area (Å²) in [6.45, 7) is 0. The zero-order chi connectivity index (χ0) is 23.4. The summed E-state index contributed by atoms with van der Waals surface area (Å²) in [6, 6.07) is 27.3. The number of H-pyrrole nitrogens is 1. The van der Waals surface area contributed by atoms with E-state index in [0.29, 0.717) is 16.5 Å². The summed E-state index contributed by atoms with van der Waals surface area (Å²) < 4.78 is 0. The molecule has 8 rings (SSSR count). The standard InChI is InChI=1S/C31H19NO3/c33-29-19-6-2-1-5-15(19)16-13-14-24-26-17(9-11-22(29)25(16)26)18-10-12-23-27(28(18)32-24)31(35)21-8-4-3-7-20(21)30(23)34/h1-14,30-32,34-35H. The molecule has 0 fully saturated rings. The predicted molar refractivity (Wildman–Crippen MR) is 140 cm³/mol. The number of hydrogen-bond donors (Lipinski definition) is 3. The van der Waals surface area contributed by atoms with Gasteiger partial charge in [0.05, 0.1) is 5.52 Å². The molecule has 0 aliphatic heterocycles. The van der Waals surface area contributed by atoms with Gasteiger partial charge in [-0.15, -0.1) is 0 Å². The molecule has 0 spiro atoms. The Labute approximate surface area is 199 Å². The number of aliphatic hydroxyl groups is 2. The number of aromatic nitrogens is 1. The van der Waals surface area contributed by atoms with Gasteiger partial charge in [-0.05, 0) is 45.0 Å². The first-order valence-electron chi connectivity index (χ1n) is 11.8. The van der Waals surface area contributed by atoms with E-state index in [2.05, 4.69) is 17.1 Å². The van der Waals surface area contributed by atoms with E-state index in [1.54, 1.807) is 0 Å². The molecule has 1 heterocycles. The van der Waals surface area contributed by atoms with Gasteiger partial charge in [0.15, 0.2) is 5.43 Å². The molecular weight excluding hydrogens is 434 g/mol. The van der Waals surface area contributed by atoms with Crippen molar-refractivity contribution in [3.8, 4) is 0 Å². The van der Waals surface area contributed by atoms with Gasteiger partial charge in [-0.3, -0.25) is 4.79 Å². The summed E-state index contributed by atoms with van der Waals surface area (Å²) in [5, 5.41) is 30.0. The van der Waals surface area contributed by atoms with Crippen LogP contribution in [0.3, 0.4) is 0 Å².